The molecule has 2 aromatic heterocycles. The fraction of sp³-hybridized carbons (Fsp3) is 0.267. The fourth-order valence-corrected chi connectivity index (χ4v) is 3.93. The van der Waals surface area contributed by atoms with Crippen molar-refractivity contribution in [1.82, 2.24) is 19.5 Å². The first-order valence-corrected chi connectivity index (χ1v) is 12.8. The normalized spacial score (nSPS) is 10.1. The Morgan fingerprint density at radius 3 is 2.38 bits per heavy atom. The second-order valence-corrected chi connectivity index (χ2v) is 8.71. The first-order chi connectivity index (χ1) is 19.3. The van der Waals surface area contributed by atoms with Crippen LogP contribution in [0, 0.1) is 30.1 Å². The number of aromatic nitrogens is 4. The Hall–Kier alpha value is -5.22. The monoisotopic (exact) mass is 537 g/mol. The van der Waals surface area contributed by atoms with Crippen LogP contribution in [0.15, 0.2) is 53.3 Å². The van der Waals surface area contributed by atoms with E-state index in [-0.39, 0.29) is 28.7 Å². The molecule has 0 saturated carbocycles. The summed E-state index contributed by atoms with van der Waals surface area (Å²) in [5.41, 5.74) is 12.9. The van der Waals surface area contributed by atoms with E-state index in [1.54, 1.807) is 11.5 Å². The number of nitrogen functional groups attached to an aromatic ring is 2. The average molecular weight is 538 g/mol. The molecule has 4 N–H and O–H groups in total. The number of nitrogens with two attached hydrogens (primary N) is 2. The fourth-order valence-electron chi connectivity index (χ4n) is 3.93. The van der Waals surface area contributed by atoms with E-state index in [9.17, 15) is 9.59 Å². The number of hydrogen-bond acceptors (Lipinski definition) is 9. The highest BCUT2D eigenvalue weighted by Crippen LogP contribution is 2.17. The molecule has 4 aromatic rings. The van der Waals surface area contributed by atoms with E-state index in [1.165, 1.54) is 7.11 Å². The summed E-state index contributed by atoms with van der Waals surface area (Å²) in [6.45, 7) is 3.73. The van der Waals surface area contributed by atoms with Crippen LogP contribution in [-0.4, -0.2) is 32.6 Å². The minimum Gasteiger partial charge on any atom is -0.469 e. The van der Waals surface area contributed by atoms with Gasteiger partial charge in [0.2, 0.25) is 0 Å². The third-order valence-corrected chi connectivity index (χ3v) is 5.78. The van der Waals surface area contributed by atoms with E-state index in [0.29, 0.717) is 48.0 Å². The summed E-state index contributed by atoms with van der Waals surface area (Å²) in [5.74, 6) is 7.41. The van der Waals surface area contributed by atoms with Gasteiger partial charge in [0.25, 0.3) is 5.56 Å². The Bertz CT molecular complexity index is 1640. The van der Waals surface area contributed by atoms with Gasteiger partial charge in [-0.3, -0.25) is 14.2 Å². The van der Waals surface area contributed by atoms with Gasteiger partial charge in [0, 0.05) is 24.8 Å². The van der Waals surface area contributed by atoms with Crippen LogP contribution in [0.25, 0.3) is 16.6 Å². The number of aryl methyl sites for hydroxylation is 2. The lowest BCUT2D eigenvalue weighted by atomic mass is 10.1. The quantitative estimate of drug-likeness (QED) is 0.211. The SMILES string of the molecule is CCCc1nc2cccc(C#CCCCC(=O)OC)c2c(=O)n1-c1ccccc1.Cc1nc(N)c(C#N)c(N)n1. The van der Waals surface area contributed by atoms with Gasteiger partial charge in [0.1, 0.15) is 34.9 Å². The van der Waals surface area contributed by atoms with Gasteiger partial charge < -0.3 is 16.2 Å². The molecule has 0 spiro atoms. The second kappa shape index (κ2) is 14.1. The highest BCUT2D eigenvalue weighted by Gasteiger charge is 2.14. The van der Waals surface area contributed by atoms with Gasteiger partial charge in [-0.25, -0.2) is 15.0 Å². The number of para-hydroxylation sites is 1. The molecule has 10 heteroatoms. The van der Waals surface area contributed by atoms with Crippen molar-refractivity contribution in [3.05, 3.63) is 81.7 Å². The number of unbranched alkanes of at least 4 members (excludes halogenated alkanes) is 1. The smallest absolute Gasteiger partial charge is 0.305 e. The minimum atomic E-state index is -0.240. The lowest BCUT2D eigenvalue weighted by Gasteiger charge is -2.13. The zero-order valence-electron chi connectivity index (χ0n) is 22.8. The van der Waals surface area contributed by atoms with Gasteiger partial charge in [-0.05, 0) is 44.0 Å². The number of methoxy groups -OCH3 is 1. The standard InChI is InChI=1S/C24H24N2O3.C6H7N5/c1-3-11-21-25-20-16-10-13-18(12-6-4-9-17-22(27)29-2)23(20)24(28)26(21)19-14-7-5-8-15-19;1-3-10-5(8)4(2-7)6(9)11-3/h5,7-8,10,13-16H,3-4,9,11,17H2,1-2H3;1H3,(H4,8,9,10,11). The van der Waals surface area contributed by atoms with Crippen LogP contribution in [0.5, 0.6) is 0 Å². The van der Waals surface area contributed by atoms with Crippen LogP contribution in [0.2, 0.25) is 0 Å². The predicted molar refractivity (Wildman–Crippen MR) is 154 cm³/mol. The number of esters is 1. The molecule has 0 fully saturated rings. The number of benzene rings is 2. The highest BCUT2D eigenvalue weighted by molar-refractivity contribution is 5.84. The first-order valence-electron chi connectivity index (χ1n) is 12.8. The summed E-state index contributed by atoms with van der Waals surface area (Å²) < 4.78 is 6.32. The van der Waals surface area contributed by atoms with Crippen molar-refractivity contribution in [3.63, 3.8) is 0 Å². The molecule has 0 aliphatic carbocycles. The van der Waals surface area contributed by atoms with Crippen molar-refractivity contribution >= 4 is 28.5 Å². The summed E-state index contributed by atoms with van der Waals surface area (Å²) in [6, 6.07) is 17.0. The molecule has 0 amide bonds. The lowest BCUT2D eigenvalue weighted by Crippen LogP contribution is -2.24. The van der Waals surface area contributed by atoms with Crippen molar-refractivity contribution in [3.8, 4) is 23.6 Å². The number of carbonyl (C=O) groups excluding carboxylic acids is 1. The molecule has 10 nitrogen and oxygen atoms in total. The number of rotatable bonds is 6. The number of carbonyl (C=O) groups is 1. The van der Waals surface area contributed by atoms with Crippen molar-refractivity contribution in [2.24, 2.45) is 0 Å². The number of fused-ring (bicyclic) bond motifs is 1. The highest BCUT2D eigenvalue weighted by atomic mass is 16.5. The molecule has 2 heterocycles. The zero-order chi connectivity index (χ0) is 29.1. The molecule has 0 saturated heterocycles. The van der Waals surface area contributed by atoms with E-state index in [0.717, 1.165) is 17.9 Å². The zero-order valence-corrected chi connectivity index (χ0v) is 22.8. The number of hydrogen-bond donors (Lipinski definition) is 2. The summed E-state index contributed by atoms with van der Waals surface area (Å²) in [4.78, 5) is 37.0. The molecule has 2 aromatic carbocycles. The van der Waals surface area contributed by atoms with Crippen molar-refractivity contribution < 1.29 is 9.53 Å². The average Bonchev–Trinajstić information content (AvgIpc) is 2.93. The predicted octanol–water partition coefficient (Wildman–Crippen LogP) is 3.85. The summed E-state index contributed by atoms with van der Waals surface area (Å²) in [6.07, 6.45) is 3.12. The lowest BCUT2D eigenvalue weighted by molar-refractivity contribution is -0.140. The molecule has 0 unspecified atom stereocenters. The first kappa shape index (κ1) is 29.3. The molecule has 0 aliphatic heterocycles. The van der Waals surface area contributed by atoms with Crippen LogP contribution in [0.3, 0.4) is 0 Å². The van der Waals surface area contributed by atoms with Gasteiger partial charge in [-0.1, -0.05) is 43.0 Å². The van der Waals surface area contributed by atoms with Gasteiger partial charge >= 0.3 is 5.97 Å². The van der Waals surface area contributed by atoms with Crippen LogP contribution in [-0.2, 0) is 16.0 Å². The maximum atomic E-state index is 13.5. The van der Waals surface area contributed by atoms with Crippen LogP contribution in [0.1, 0.15) is 55.4 Å². The van der Waals surface area contributed by atoms with Crippen molar-refractivity contribution in [2.75, 3.05) is 18.6 Å². The van der Waals surface area contributed by atoms with E-state index < -0.39 is 0 Å². The Kier molecular flexibility index (Phi) is 10.3. The van der Waals surface area contributed by atoms with Gasteiger partial charge in [-0.15, -0.1) is 0 Å². The molecular weight excluding hydrogens is 506 g/mol. The number of anilines is 2. The number of nitrogens with zero attached hydrogens (tertiary/aromatic N) is 5. The van der Waals surface area contributed by atoms with Crippen LogP contribution in [0.4, 0.5) is 11.6 Å². The second-order valence-electron chi connectivity index (χ2n) is 8.71. The third kappa shape index (κ3) is 7.21. The van der Waals surface area contributed by atoms with E-state index >= 15 is 0 Å². The van der Waals surface area contributed by atoms with Crippen LogP contribution >= 0.6 is 0 Å². The Morgan fingerprint density at radius 2 is 1.75 bits per heavy atom. The summed E-state index contributed by atoms with van der Waals surface area (Å²) >= 11 is 0. The topological polar surface area (TPSA) is 163 Å². The molecule has 0 aliphatic rings. The van der Waals surface area contributed by atoms with Crippen molar-refractivity contribution in [1.29, 1.82) is 5.26 Å². The maximum Gasteiger partial charge on any atom is 0.305 e. The van der Waals surface area contributed by atoms with Crippen molar-refractivity contribution in [2.45, 2.75) is 46.0 Å². The Labute approximate surface area is 232 Å². The minimum absolute atomic E-state index is 0.107. The molecule has 4 rings (SSSR count). The molecule has 0 bridgehead atoms. The van der Waals surface area contributed by atoms with Crippen LogP contribution < -0.4 is 17.0 Å². The van der Waals surface area contributed by atoms with Gasteiger partial charge in [-0.2, -0.15) is 5.26 Å². The Balaban J connectivity index is 0.000000336. The third-order valence-electron chi connectivity index (χ3n) is 5.78. The number of nitriles is 1. The largest absolute Gasteiger partial charge is 0.469 e. The van der Waals surface area contributed by atoms with Gasteiger partial charge in [0.05, 0.1) is 23.7 Å². The van der Waals surface area contributed by atoms with Gasteiger partial charge in [0.15, 0.2) is 0 Å². The molecular formula is C30H31N7O3. The molecule has 204 valence electrons. The Morgan fingerprint density at radius 1 is 1.05 bits per heavy atom. The van der Waals surface area contributed by atoms with E-state index in [1.807, 2.05) is 54.6 Å². The molecule has 0 atom stereocenters. The maximum absolute atomic E-state index is 13.5. The number of ether oxygens (including phenoxy) is 1. The summed E-state index contributed by atoms with van der Waals surface area (Å²) in [5, 5.41) is 9.02. The molecule has 0 radical (unpaired) electrons. The van der Waals surface area contributed by atoms with E-state index in [4.69, 9.17) is 21.7 Å². The van der Waals surface area contributed by atoms with E-state index in [2.05, 4.69) is 33.5 Å². The summed E-state index contributed by atoms with van der Waals surface area (Å²) in [7, 11) is 1.38. The molecule has 40 heavy (non-hydrogen) atoms.